The molecule has 136 valence electrons. The topological polar surface area (TPSA) is 75.2 Å². The average molecular weight is 378 g/mol. The lowest BCUT2D eigenvalue weighted by molar-refractivity contribution is -0.128. The van der Waals surface area contributed by atoms with Crippen molar-refractivity contribution in [2.24, 2.45) is 5.92 Å². The molecule has 1 N–H and O–H groups in total. The molecule has 0 bridgehead atoms. The van der Waals surface area contributed by atoms with Crippen LogP contribution >= 0.6 is 11.3 Å². The molecule has 2 aromatic heterocycles. The summed E-state index contributed by atoms with van der Waals surface area (Å²) in [6.07, 6.45) is 1.94. The lowest BCUT2D eigenvalue weighted by Gasteiger charge is -2.16. The minimum absolute atomic E-state index is 0.00677. The zero-order valence-electron chi connectivity index (χ0n) is 14.5. The maximum absolute atomic E-state index is 12.6. The normalized spacial score (nSPS) is 16.5. The summed E-state index contributed by atoms with van der Waals surface area (Å²) in [6.45, 7) is 0.961. The van der Waals surface area contributed by atoms with E-state index in [-0.39, 0.29) is 24.2 Å². The number of carbonyl (C=O) groups excluding carboxylic acids is 2. The van der Waals surface area contributed by atoms with Gasteiger partial charge in [-0.25, -0.2) is 4.98 Å². The molecule has 1 aliphatic rings. The Morgan fingerprint density at radius 3 is 2.74 bits per heavy atom. The molecule has 0 saturated carbocycles. The second-order valence-corrected chi connectivity index (χ2v) is 7.26. The highest BCUT2D eigenvalue weighted by atomic mass is 32.1. The SMILES string of the molecule is O=C(Nc1nc(-c2ccccn2)cs1)[C@H]1CC(=O)N(Cc2ccccc2)C1. The van der Waals surface area contributed by atoms with E-state index >= 15 is 0 Å². The van der Waals surface area contributed by atoms with Gasteiger partial charge in [-0.3, -0.25) is 14.6 Å². The van der Waals surface area contributed by atoms with E-state index in [2.05, 4.69) is 15.3 Å². The number of likely N-dealkylation sites (tertiary alicyclic amines) is 1. The van der Waals surface area contributed by atoms with Gasteiger partial charge < -0.3 is 10.2 Å². The van der Waals surface area contributed by atoms with Crippen molar-refractivity contribution in [1.82, 2.24) is 14.9 Å². The van der Waals surface area contributed by atoms with E-state index < -0.39 is 0 Å². The fourth-order valence-electron chi connectivity index (χ4n) is 3.07. The van der Waals surface area contributed by atoms with E-state index in [4.69, 9.17) is 0 Å². The van der Waals surface area contributed by atoms with Gasteiger partial charge in [0.15, 0.2) is 5.13 Å². The van der Waals surface area contributed by atoms with Gasteiger partial charge in [0.1, 0.15) is 5.69 Å². The Morgan fingerprint density at radius 1 is 1.15 bits per heavy atom. The summed E-state index contributed by atoms with van der Waals surface area (Å²) in [7, 11) is 0. The van der Waals surface area contributed by atoms with Crippen LogP contribution in [0.5, 0.6) is 0 Å². The quantitative estimate of drug-likeness (QED) is 0.740. The summed E-state index contributed by atoms with van der Waals surface area (Å²) >= 11 is 1.35. The highest BCUT2D eigenvalue weighted by Crippen LogP contribution is 2.26. The van der Waals surface area contributed by atoms with Crippen molar-refractivity contribution in [1.29, 1.82) is 0 Å². The summed E-state index contributed by atoms with van der Waals surface area (Å²) in [6, 6.07) is 15.4. The van der Waals surface area contributed by atoms with Crippen molar-refractivity contribution in [2.75, 3.05) is 11.9 Å². The lowest BCUT2D eigenvalue weighted by atomic mass is 10.1. The van der Waals surface area contributed by atoms with Crippen LogP contribution in [0.3, 0.4) is 0 Å². The molecule has 1 aliphatic heterocycles. The molecule has 27 heavy (non-hydrogen) atoms. The summed E-state index contributed by atoms with van der Waals surface area (Å²) < 4.78 is 0. The van der Waals surface area contributed by atoms with Crippen LogP contribution in [0.4, 0.5) is 5.13 Å². The molecule has 0 aliphatic carbocycles. The first-order valence-electron chi connectivity index (χ1n) is 8.68. The standard InChI is InChI=1S/C20H18N4O2S/c25-18-10-15(12-24(18)11-14-6-2-1-3-7-14)19(26)23-20-22-17(13-27-20)16-8-4-5-9-21-16/h1-9,13,15H,10-12H2,(H,22,23,26)/t15-/m0/s1. The Bertz CT molecular complexity index is 943. The molecule has 6 nitrogen and oxygen atoms in total. The van der Waals surface area contributed by atoms with Crippen molar-refractivity contribution in [3.63, 3.8) is 0 Å². The third kappa shape index (κ3) is 4.03. The Morgan fingerprint density at radius 2 is 1.96 bits per heavy atom. The summed E-state index contributed by atoms with van der Waals surface area (Å²) in [5.41, 5.74) is 2.55. The number of carbonyl (C=O) groups is 2. The van der Waals surface area contributed by atoms with Crippen LogP contribution in [-0.4, -0.2) is 33.2 Å². The number of amides is 2. The number of pyridine rings is 1. The van der Waals surface area contributed by atoms with Gasteiger partial charge in [0.25, 0.3) is 0 Å². The summed E-state index contributed by atoms with van der Waals surface area (Å²) in [4.78, 5) is 35.2. The Hall–Kier alpha value is -3.06. The van der Waals surface area contributed by atoms with Gasteiger partial charge in [0.05, 0.1) is 11.6 Å². The highest BCUT2D eigenvalue weighted by Gasteiger charge is 2.34. The van der Waals surface area contributed by atoms with Crippen molar-refractivity contribution >= 4 is 28.3 Å². The smallest absolute Gasteiger partial charge is 0.231 e. The molecule has 0 radical (unpaired) electrons. The van der Waals surface area contributed by atoms with Crippen LogP contribution in [0.2, 0.25) is 0 Å². The number of rotatable bonds is 5. The number of hydrogen-bond donors (Lipinski definition) is 1. The van der Waals surface area contributed by atoms with Crippen LogP contribution in [0.1, 0.15) is 12.0 Å². The number of anilines is 1. The first-order chi connectivity index (χ1) is 13.2. The van der Waals surface area contributed by atoms with Crippen molar-refractivity contribution in [3.05, 3.63) is 65.7 Å². The molecule has 1 fully saturated rings. The molecule has 0 spiro atoms. The van der Waals surface area contributed by atoms with E-state index in [1.807, 2.05) is 53.9 Å². The van der Waals surface area contributed by atoms with E-state index in [1.165, 1.54) is 11.3 Å². The molecule has 1 saturated heterocycles. The van der Waals surface area contributed by atoms with E-state index in [0.717, 1.165) is 17.0 Å². The number of benzene rings is 1. The average Bonchev–Trinajstić information content (AvgIpc) is 3.30. The van der Waals surface area contributed by atoms with E-state index in [1.54, 1.807) is 11.1 Å². The van der Waals surface area contributed by atoms with Crippen molar-refractivity contribution in [2.45, 2.75) is 13.0 Å². The van der Waals surface area contributed by atoms with Gasteiger partial charge >= 0.3 is 0 Å². The molecule has 1 atom stereocenters. The predicted octanol–water partition coefficient (Wildman–Crippen LogP) is 3.19. The van der Waals surface area contributed by atoms with Crippen LogP contribution in [0, 0.1) is 5.92 Å². The minimum Gasteiger partial charge on any atom is -0.338 e. The van der Waals surface area contributed by atoms with Crippen LogP contribution in [0.15, 0.2) is 60.1 Å². The molecule has 2 amide bonds. The Kier molecular flexibility index (Phi) is 4.93. The number of thiazole rings is 1. The number of hydrogen-bond acceptors (Lipinski definition) is 5. The third-order valence-electron chi connectivity index (χ3n) is 4.46. The number of aromatic nitrogens is 2. The first-order valence-corrected chi connectivity index (χ1v) is 9.56. The second-order valence-electron chi connectivity index (χ2n) is 6.40. The fourth-order valence-corrected chi connectivity index (χ4v) is 3.78. The van der Waals surface area contributed by atoms with Gasteiger partial charge in [0, 0.05) is 31.1 Å². The largest absolute Gasteiger partial charge is 0.338 e. The maximum atomic E-state index is 12.6. The molecule has 3 aromatic rings. The summed E-state index contributed by atoms with van der Waals surface area (Å²) in [5.74, 6) is -0.517. The molecule has 7 heteroatoms. The Balaban J connectivity index is 1.38. The fraction of sp³-hybridized carbons (Fsp3) is 0.200. The first kappa shape index (κ1) is 17.4. The second kappa shape index (κ2) is 7.67. The molecule has 1 aromatic carbocycles. The minimum atomic E-state index is -0.358. The van der Waals surface area contributed by atoms with E-state index in [9.17, 15) is 9.59 Å². The predicted molar refractivity (Wildman–Crippen MR) is 104 cm³/mol. The van der Waals surface area contributed by atoms with Crippen molar-refractivity contribution in [3.8, 4) is 11.4 Å². The van der Waals surface area contributed by atoms with Gasteiger partial charge in [-0.05, 0) is 17.7 Å². The monoisotopic (exact) mass is 378 g/mol. The highest BCUT2D eigenvalue weighted by molar-refractivity contribution is 7.14. The zero-order chi connectivity index (χ0) is 18.6. The molecule has 4 rings (SSSR count). The van der Waals surface area contributed by atoms with Gasteiger partial charge in [-0.15, -0.1) is 11.3 Å². The summed E-state index contributed by atoms with van der Waals surface area (Å²) in [5, 5.41) is 5.22. The van der Waals surface area contributed by atoms with Gasteiger partial charge in [-0.1, -0.05) is 36.4 Å². The van der Waals surface area contributed by atoms with E-state index in [0.29, 0.717) is 18.2 Å². The molecule has 0 unspecified atom stereocenters. The number of nitrogens with zero attached hydrogens (tertiary/aromatic N) is 3. The van der Waals surface area contributed by atoms with Crippen LogP contribution < -0.4 is 5.32 Å². The van der Waals surface area contributed by atoms with Crippen LogP contribution in [0.25, 0.3) is 11.4 Å². The zero-order valence-corrected chi connectivity index (χ0v) is 15.4. The molecule has 3 heterocycles. The van der Waals surface area contributed by atoms with Crippen molar-refractivity contribution < 1.29 is 9.59 Å². The molecular weight excluding hydrogens is 360 g/mol. The Labute approximate surface area is 160 Å². The van der Waals surface area contributed by atoms with Gasteiger partial charge in [-0.2, -0.15) is 0 Å². The third-order valence-corrected chi connectivity index (χ3v) is 5.22. The molecular formula is C20H18N4O2S. The lowest BCUT2D eigenvalue weighted by Crippen LogP contribution is -2.28. The maximum Gasteiger partial charge on any atom is 0.231 e. The van der Waals surface area contributed by atoms with Crippen LogP contribution in [-0.2, 0) is 16.1 Å². The number of nitrogens with one attached hydrogen (secondary N) is 1. The van der Waals surface area contributed by atoms with Gasteiger partial charge in [0.2, 0.25) is 11.8 Å².